The molecule has 1 aromatic rings. The molecule has 6 nitrogen and oxygen atoms in total. The van der Waals surface area contributed by atoms with Crippen molar-refractivity contribution in [2.75, 3.05) is 26.2 Å². The molecule has 3 N–H and O–H groups in total. The molecule has 0 radical (unpaired) electrons. The fourth-order valence-electron chi connectivity index (χ4n) is 2.48. The van der Waals surface area contributed by atoms with Gasteiger partial charge in [-0.15, -0.1) is 0 Å². The molecule has 0 bridgehead atoms. The molecule has 1 aromatic carbocycles. The number of nitrogens with zero attached hydrogens (tertiary/aromatic N) is 2. The highest BCUT2D eigenvalue weighted by molar-refractivity contribution is 5.86. The van der Waals surface area contributed by atoms with Crippen molar-refractivity contribution < 1.29 is 14.7 Å². The number of hydrogen-bond acceptors (Lipinski definition) is 4. The van der Waals surface area contributed by atoms with Gasteiger partial charge in [0.15, 0.2) is 0 Å². The fraction of sp³-hybridized carbons (Fsp3) is 0.467. The topological polar surface area (TPSA) is 86.9 Å². The molecule has 0 spiro atoms. The molecule has 0 aliphatic carbocycles. The Labute approximate surface area is 124 Å². The number of aliphatic carboxylic acids is 1. The van der Waals surface area contributed by atoms with Crippen LogP contribution in [0.2, 0.25) is 0 Å². The molecular formula is C15H21N3O3. The van der Waals surface area contributed by atoms with Gasteiger partial charge in [0.05, 0.1) is 12.5 Å². The minimum absolute atomic E-state index is 0.267. The Morgan fingerprint density at radius 1 is 1.14 bits per heavy atom. The Morgan fingerprint density at radius 3 is 2.33 bits per heavy atom. The van der Waals surface area contributed by atoms with E-state index >= 15 is 0 Å². The van der Waals surface area contributed by atoms with Crippen LogP contribution in [0.25, 0.3) is 0 Å². The normalized spacial score (nSPS) is 17.5. The summed E-state index contributed by atoms with van der Waals surface area (Å²) in [6.07, 6.45) is -0.316. The van der Waals surface area contributed by atoms with Gasteiger partial charge in [0, 0.05) is 32.7 Å². The van der Waals surface area contributed by atoms with Crippen LogP contribution in [0, 0.1) is 0 Å². The lowest BCUT2D eigenvalue weighted by Gasteiger charge is -2.35. The minimum atomic E-state index is -1.04. The molecule has 1 amide bonds. The Hall–Kier alpha value is -1.92. The van der Waals surface area contributed by atoms with Crippen LogP contribution in [-0.4, -0.2) is 59.0 Å². The van der Waals surface area contributed by atoms with Crippen LogP contribution in [0.4, 0.5) is 0 Å². The van der Waals surface area contributed by atoms with Gasteiger partial charge in [-0.3, -0.25) is 14.5 Å². The van der Waals surface area contributed by atoms with Crippen LogP contribution in [0.5, 0.6) is 0 Å². The molecule has 1 unspecified atom stereocenters. The van der Waals surface area contributed by atoms with Crippen molar-refractivity contribution in [1.29, 1.82) is 0 Å². The first kappa shape index (κ1) is 15.5. The van der Waals surface area contributed by atoms with E-state index in [0.29, 0.717) is 13.1 Å². The summed E-state index contributed by atoms with van der Waals surface area (Å²) >= 11 is 0. The Kier molecular flexibility index (Phi) is 5.30. The zero-order chi connectivity index (χ0) is 15.2. The first-order valence-corrected chi connectivity index (χ1v) is 7.08. The third-order valence-electron chi connectivity index (χ3n) is 3.64. The number of carboxylic acid groups (broad SMARTS) is 1. The minimum Gasteiger partial charge on any atom is -0.481 e. The highest BCUT2D eigenvalue weighted by atomic mass is 16.4. The lowest BCUT2D eigenvalue weighted by atomic mass is 10.1. The first-order valence-electron chi connectivity index (χ1n) is 7.08. The van der Waals surface area contributed by atoms with Crippen LogP contribution in [0.3, 0.4) is 0 Å². The van der Waals surface area contributed by atoms with Crippen molar-refractivity contribution in [3.8, 4) is 0 Å². The van der Waals surface area contributed by atoms with Crippen molar-refractivity contribution in [3.05, 3.63) is 35.9 Å². The molecule has 21 heavy (non-hydrogen) atoms. The number of hydrogen-bond donors (Lipinski definition) is 2. The Morgan fingerprint density at radius 2 is 1.76 bits per heavy atom. The second-order valence-corrected chi connectivity index (χ2v) is 5.29. The molecule has 1 heterocycles. The third kappa shape index (κ3) is 4.54. The van der Waals surface area contributed by atoms with E-state index in [4.69, 9.17) is 10.8 Å². The summed E-state index contributed by atoms with van der Waals surface area (Å²) in [6.45, 7) is 3.61. The second kappa shape index (κ2) is 7.19. The quantitative estimate of drug-likeness (QED) is 0.805. The lowest BCUT2D eigenvalue weighted by Crippen LogP contribution is -2.53. The van der Waals surface area contributed by atoms with Gasteiger partial charge in [-0.2, -0.15) is 0 Å². The van der Waals surface area contributed by atoms with Crippen molar-refractivity contribution in [2.45, 2.75) is 19.0 Å². The number of carboxylic acids is 1. The van der Waals surface area contributed by atoms with Crippen molar-refractivity contribution >= 4 is 11.9 Å². The maximum Gasteiger partial charge on any atom is 0.305 e. The van der Waals surface area contributed by atoms with Gasteiger partial charge in [-0.25, -0.2) is 0 Å². The van der Waals surface area contributed by atoms with Gasteiger partial charge in [0.2, 0.25) is 5.91 Å². The summed E-state index contributed by atoms with van der Waals surface area (Å²) in [5.74, 6) is -1.31. The first-order chi connectivity index (χ1) is 10.1. The van der Waals surface area contributed by atoms with E-state index in [0.717, 1.165) is 19.6 Å². The summed E-state index contributed by atoms with van der Waals surface area (Å²) in [4.78, 5) is 26.6. The maximum atomic E-state index is 12.0. The number of carbonyl (C=O) groups is 2. The number of piperazine rings is 1. The number of carbonyl (C=O) groups excluding carboxylic acids is 1. The number of nitrogens with two attached hydrogens (primary N) is 1. The molecule has 1 saturated heterocycles. The molecule has 6 heteroatoms. The summed E-state index contributed by atoms with van der Waals surface area (Å²) in [5, 5.41) is 8.68. The zero-order valence-electron chi connectivity index (χ0n) is 11.9. The van der Waals surface area contributed by atoms with E-state index < -0.39 is 12.0 Å². The molecule has 1 fully saturated rings. The van der Waals surface area contributed by atoms with Crippen molar-refractivity contribution in [2.24, 2.45) is 5.73 Å². The predicted octanol–water partition coefficient (Wildman–Crippen LogP) is 0.133. The molecule has 114 valence electrons. The van der Waals surface area contributed by atoms with Crippen LogP contribution in [0.1, 0.15) is 12.0 Å². The van der Waals surface area contributed by atoms with Gasteiger partial charge < -0.3 is 15.7 Å². The monoisotopic (exact) mass is 291 g/mol. The molecule has 1 atom stereocenters. The average molecular weight is 291 g/mol. The Bertz CT molecular complexity index is 484. The molecule has 0 aromatic heterocycles. The summed E-state index contributed by atoms with van der Waals surface area (Å²) in [7, 11) is 0. The van der Waals surface area contributed by atoms with Crippen LogP contribution in [0.15, 0.2) is 30.3 Å². The SMILES string of the molecule is NC(CC(=O)O)C(=O)N1CCN(Cc2ccccc2)CC1. The number of benzene rings is 1. The fourth-order valence-corrected chi connectivity index (χ4v) is 2.48. The van der Waals surface area contributed by atoms with Crippen LogP contribution < -0.4 is 5.73 Å². The number of amides is 1. The van der Waals surface area contributed by atoms with Gasteiger partial charge in [0.1, 0.15) is 0 Å². The highest BCUT2D eigenvalue weighted by Gasteiger charge is 2.26. The van der Waals surface area contributed by atoms with Crippen molar-refractivity contribution in [1.82, 2.24) is 9.80 Å². The Balaban J connectivity index is 1.80. The molecule has 0 saturated carbocycles. The lowest BCUT2D eigenvalue weighted by molar-refractivity contribution is -0.142. The van der Waals surface area contributed by atoms with Crippen LogP contribution in [-0.2, 0) is 16.1 Å². The van der Waals surface area contributed by atoms with Gasteiger partial charge in [0.25, 0.3) is 0 Å². The second-order valence-electron chi connectivity index (χ2n) is 5.29. The standard InChI is InChI=1S/C15H21N3O3/c16-13(10-14(19)20)15(21)18-8-6-17(7-9-18)11-12-4-2-1-3-5-12/h1-5,13H,6-11,16H2,(H,19,20). The van der Waals surface area contributed by atoms with Gasteiger partial charge in [-0.05, 0) is 5.56 Å². The summed E-state index contributed by atoms with van der Waals surface area (Å²) < 4.78 is 0. The molecular weight excluding hydrogens is 270 g/mol. The van der Waals surface area contributed by atoms with Gasteiger partial charge in [-0.1, -0.05) is 30.3 Å². The van der Waals surface area contributed by atoms with E-state index in [-0.39, 0.29) is 12.3 Å². The van der Waals surface area contributed by atoms with E-state index in [1.807, 2.05) is 18.2 Å². The van der Waals surface area contributed by atoms with Gasteiger partial charge >= 0.3 is 5.97 Å². The summed E-state index contributed by atoms with van der Waals surface area (Å²) in [5.41, 5.74) is 6.87. The predicted molar refractivity (Wildman–Crippen MR) is 78.5 cm³/mol. The smallest absolute Gasteiger partial charge is 0.305 e. The van der Waals surface area contributed by atoms with Crippen molar-refractivity contribution in [3.63, 3.8) is 0 Å². The maximum absolute atomic E-state index is 12.0. The van der Waals surface area contributed by atoms with E-state index in [2.05, 4.69) is 17.0 Å². The van der Waals surface area contributed by atoms with Crippen LogP contribution >= 0.6 is 0 Å². The largest absolute Gasteiger partial charge is 0.481 e. The molecule has 1 aliphatic rings. The van der Waals surface area contributed by atoms with E-state index in [1.165, 1.54) is 5.56 Å². The highest BCUT2D eigenvalue weighted by Crippen LogP contribution is 2.09. The molecule has 2 rings (SSSR count). The third-order valence-corrected chi connectivity index (χ3v) is 3.64. The average Bonchev–Trinajstić information content (AvgIpc) is 2.47. The number of rotatable bonds is 5. The summed E-state index contributed by atoms with van der Waals surface area (Å²) in [6, 6.07) is 9.24. The van der Waals surface area contributed by atoms with E-state index in [1.54, 1.807) is 4.90 Å². The van der Waals surface area contributed by atoms with E-state index in [9.17, 15) is 9.59 Å². The molecule has 1 aliphatic heterocycles. The zero-order valence-corrected chi connectivity index (χ0v) is 11.9.